The Balaban J connectivity index is 1.26. The standard InChI is InChI=1S/C26H29N5O3/c1-2-18-10-13-26(14-11-18)24(33)30(25(34)29-26)17-23(32)28-22-12-15-27-31(22)16-20-8-5-7-19-6-3-4-9-21(19)20/h3-9,12,15,18H,2,10-11,13-14,16-17H2,1H3,(H,28,32)(H,29,34). The van der Waals surface area contributed by atoms with Crippen LogP contribution in [0.3, 0.4) is 0 Å². The number of hydrogen-bond acceptors (Lipinski definition) is 4. The number of imide groups is 1. The van der Waals surface area contributed by atoms with Crippen LogP contribution >= 0.6 is 0 Å². The fourth-order valence-corrected chi connectivity index (χ4v) is 5.22. The van der Waals surface area contributed by atoms with E-state index in [1.165, 1.54) is 0 Å². The number of urea groups is 1. The molecule has 1 saturated heterocycles. The maximum Gasteiger partial charge on any atom is 0.325 e. The Labute approximate surface area is 198 Å². The molecule has 1 spiro atoms. The highest BCUT2D eigenvalue weighted by Gasteiger charge is 2.52. The molecule has 2 fully saturated rings. The fourth-order valence-electron chi connectivity index (χ4n) is 5.22. The number of aromatic nitrogens is 2. The van der Waals surface area contributed by atoms with E-state index in [9.17, 15) is 14.4 Å². The molecule has 0 unspecified atom stereocenters. The van der Waals surface area contributed by atoms with Crippen molar-refractivity contribution >= 4 is 34.4 Å². The second-order valence-electron chi connectivity index (χ2n) is 9.32. The van der Waals surface area contributed by atoms with Crippen LogP contribution in [0.15, 0.2) is 54.7 Å². The zero-order chi connectivity index (χ0) is 23.7. The largest absolute Gasteiger partial charge is 0.325 e. The van der Waals surface area contributed by atoms with Crippen molar-refractivity contribution in [2.24, 2.45) is 5.92 Å². The number of nitrogens with zero attached hydrogens (tertiary/aromatic N) is 3. The Morgan fingerprint density at radius 1 is 1.12 bits per heavy atom. The van der Waals surface area contributed by atoms with Gasteiger partial charge in [-0.2, -0.15) is 5.10 Å². The first-order valence-electron chi connectivity index (χ1n) is 11.9. The first kappa shape index (κ1) is 22.1. The molecule has 1 aliphatic carbocycles. The maximum absolute atomic E-state index is 13.1. The molecule has 8 heteroatoms. The minimum absolute atomic E-state index is 0.286. The second-order valence-corrected chi connectivity index (χ2v) is 9.32. The summed E-state index contributed by atoms with van der Waals surface area (Å²) in [5.74, 6) is 0.395. The van der Waals surface area contributed by atoms with Gasteiger partial charge in [0.1, 0.15) is 17.9 Å². The zero-order valence-electron chi connectivity index (χ0n) is 19.3. The van der Waals surface area contributed by atoms with E-state index in [1.807, 2.05) is 24.3 Å². The van der Waals surface area contributed by atoms with Gasteiger partial charge in [0.25, 0.3) is 5.91 Å². The summed E-state index contributed by atoms with van der Waals surface area (Å²) in [6.07, 6.45) is 5.79. The van der Waals surface area contributed by atoms with Crippen LogP contribution in [0, 0.1) is 5.92 Å². The molecule has 1 aromatic heterocycles. The molecule has 1 aliphatic heterocycles. The van der Waals surface area contributed by atoms with Gasteiger partial charge in [-0.3, -0.25) is 14.5 Å². The fraction of sp³-hybridized carbons (Fsp3) is 0.385. The third kappa shape index (κ3) is 4.04. The number of benzene rings is 2. The van der Waals surface area contributed by atoms with Crippen molar-refractivity contribution in [3.63, 3.8) is 0 Å². The zero-order valence-corrected chi connectivity index (χ0v) is 19.3. The number of hydrogen-bond donors (Lipinski definition) is 2. The monoisotopic (exact) mass is 459 g/mol. The van der Waals surface area contributed by atoms with Crippen molar-refractivity contribution in [3.8, 4) is 0 Å². The van der Waals surface area contributed by atoms with E-state index >= 15 is 0 Å². The predicted molar refractivity (Wildman–Crippen MR) is 129 cm³/mol. The Morgan fingerprint density at radius 3 is 2.68 bits per heavy atom. The van der Waals surface area contributed by atoms with Gasteiger partial charge in [0.05, 0.1) is 12.7 Å². The van der Waals surface area contributed by atoms with Crippen LogP contribution in [-0.2, 0) is 16.1 Å². The molecular formula is C26H29N5O3. The van der Waals surface area contributed by atoms with Gasteiger partial charge in [0.15, 0.2) is 0 Å². The van der Waals surface area contributed by atoms with Crippen molar-refractivity contribution in [3.05, 3.63) is 60.3 Å². The molecule has 8 nitrogen and oxygen atoms in total. The highest BCUT2D eigenvalue weighted by molar-refractivity contribution is 6.10. The van der Waals surface area contributed by atoms with Crippen molar-refractivity contribution < 1.29 is 14.4 Å². The SMILES string of the molecule is CCC1CCC2(CC1)NC(=O)N(CC(=O)Nc1ccnn1Cc1cccc3ccccc13)C2=O. The lowest BCUT2D eigenvalue weighted by Crippen LogP contribution is -2.49. The first-order valence-corrected chi connectivity index (χ1v) is 11.9. The number of rotatable bonds is 6. The van der Waals surface area contributed by atoms with E-state index in [4.69, 9.17) is 0 Å². The summed E-state index contributed by atoms with van der Waals surface area (Å²) in [5, 5.41) is 12.3. The third-order valence-electron chi connectivity index (χ3n) is 7.27. The lowest BCUT2D eigenvalue weighted by Gasteiger charge is -2.34. The highest BCUT2D eigenvalue weighted by atomic mass is 16.2. The molecule has 1 saturated carbocycles. The van der Waals surface area contributed by atoms with Crippen molar-refractivity contribution in [1.82, 2.24) is 20.0 Å². The summed E-state index contributed by atoms with van der Waals surface area (Å²) in [7, 11) is 0. The van der Waals surface area contributed by atoms with Gasteiger partial charge in [-0.1, -0.05) is 55.8 Å². The normalized spacial score (nSPS) is 22.4. The molecule has 5 rings (SSSR count). The molecule has 3 aromatic rings. The Hall–Kier alpha value is -3.68. The number of amides is 4. The molecule has 2 aromatic carbocycles. The quantitative estimate of drug-likeness (QED) is 0.546. The molecule has 4 amide bonds. The molecule has 176 valence electrons. The van der Waals surface area contributed by atoms with Crippen LogP contribution in [-0.4, -0.2) is 44.6 Å². The Kier molecular flexibility index (Phi) is 5.81. The van der Waals surface area contributed by atoms with Crippen LogP contribution in [0.5, 0.6) is 0 Å². The third-order valence-corrected chi connectivity index (χ3v) is 7.27. The van der Waals surface area contributed by atoms with E-state index < -0.39 is 17.5 Å². The van der Waals surface area contributed by atoms with Crippen molar-refractivity contribution in [2.45, 2.75) is 51.1 Å². The maximum atomic E-state index is 13.1. The molecule has 0 atom stereocenters. The molecule has 34 heavy (non-hydrogen) atoms. The van der Waals surface area contributed by atoms with Crippen LogP contribution in [0.25, 0.3) is 10.8 Å². The van der Waals surface area contributed by atoms with Gasteiger partial charge in [-0.25, -0.2) is 9.48 Å². The van der Waals surface area contributed by atoms with Crippen molar-refractivity contribution in [1.29, 1.82) is 0 Å². The van der Waals surface area contributed by atoms with Gasteiger partial charge in [0, 0.05) is 6.07 Å². The van der Waals surface area contributed by atoms with Gasteiger partial charge >= 0.3 is 6.03 Å². The summed E-state index contributed by atoms with van der Waals surface area (Å²) in [6.45, 7) is 2.32. The lowest BCUT2D eigenvalue weighted by molar-refractivity contribution is -0.135. The number of nitrogens with one attached hydrogen (secondary N) is 2. The topological polar surface area (TPSA) is 96.3 Å². The van der Waals surface area contributed by atoms with E-state index in [1.54, 1.807) is 16.9 Å². The van der Waals surface area contributed by atoms with Gasteiger partial charge < -0.3 is 10.6 Å². The summed E-state index contributed by atoms with van der Waals surface area (Å²) < 4.78 is 1.71. The molecule has 2 aliphatic rings. The Morgan fingerprint density at radius 2 is 1.88 bits per heavy atom. The number of anilines is 1. The van der Waals surface area contributed by atoms with E-state index in [-0.39, 0.29) is 12.5 Å². The number of carbonyl (C=O) groups is 3. The first-order chi connectivity index (χ1) is 16.5. The summed E-state index contributed by atoms with van der Waals surface area (Å²) in [4.78, 5) is 39.5. The van der Waals surface area contributed by atoms with E-state index in [0.29, 0.717) is 31.1 Å². The molecular weight excluding hydrogens is 430 g/mol. The van der Waals surface area contributed by atoms with Crippen molar-refractivity contribution in [2.75, 3.05) is 11.9 Å². The average Bonchev–Trinajstić information content (AvgIpc) is 3.37. The molecule has 0 radical (unpaired) electrons. The van der Waals surface area contributed by atoms with E-state index in [0.717, 1.165) is 40.5 Å². The summed E-state index contributed by atoms with van der Waals surface area (Å²) in [6, 6.07) is 15.4. The van der Waals surface area contributed by atoms with Gasteiger partial charge in [-0.15, -0.1) is 0 Å². The molecule has 2 heterocycles. The minimum atomic E-state index is -0.848. The average molecular weight is 460 g/mol. The highest BCUT2D eigenvalue weighted by Crippen LogP contribution is 2.37. The Bertz CT molecular complexity index is 1240. The number of carbonyl (C=O) groups excluding carboxylic acids is 3. The van der Waals surface area contributed by atoms with Gasteiger partial charge in [0.2, 0.25) is 5.91 Å². The minimum Gasteiger partial charge on any atom is -0.323 e. The van der Waals surface area contributed by atoms with E-state index in [2.05, 4.69) is 40.9 Å². The van der Waals surface area contributed by atoms with Crippen LogP contribution in [0.2, 0.25) is 0 Å². The second kappa shape index (κ2) is 8.93. The van der Waals surface area contributed by atoms with Gasteiger partial charge in [-0.05, 0) is 47.9 Å². The molecule has 0 bridgehead atoms. The summed E-state index contributed by atoms with van der Waals surface area (Å²) >= 11 is 0. The predicted octanol–water partition coefficient (Wildman–Crippen LogP) is 3.91. The van der Waals surface area contributed by atoms with Crippen LogP contribution in [0.4, 0.5) is 10.6 Å². The smallest absolute Gasteiger partial charge is 0.323 e. The summed E-state index contributed by atoms with van der Waals surface area (Å²) in [5.41, 5.74) is 0.232. The number of fused-ring (bicyclic) bond motifs is 1. The van der Waals surface area contributed by atoms with Crippen LogP contribution in [0.1, 0.15) is 44.6 Å². The van der Waals surface area contributed by atoms with Crippen LogP contribution < -0.4 is 10.6 Å². The molecule has 2 N–H and O–H groups in total. The lowest BCUT2D eigenvalue weighted by atomic mass is 9.75.